The number of amides is 1. The van der Waals surface area contributed by atoms with Gasteiger partial charge in [-0.1, -0.05) is 42.0 Å². The van der Waals surface area contributed by atoms with Gasteiger partial charge in [-0.15, -0.1) is 0 Å². The minimum Gasteiger partial charge on any atom is -0.494 e. The third-order valence-corrected chi connectivity index (χ3v) is 4.92. The molecule has 0 aliphatic rings. The first-order valence-electron chi connectivity index (χ1n) is 10.1. The molecule has 0 saturated heterocycles. The first-order valence-corrected chi connectivity index (χ1v) is 10.1. The van der Waals surface area contributed by atoms with Crippen LogP contribution < -0.4 is 15.6 Å². The van der Waals surface area contributed by atoms with Gasteiger partial charge in [0.2, 0.25) is 5.91 Å². The minimum atomic E-state index is -0.309. The van der Waals surface area contributed by atoms with Crippen molar-refractivity contribution in [2.75, 3.05) is 11.9 Å². The Bertz CT molecular complexity index is 1280. The van der Waals surface area contributed by atoms with Crippen LogP contribution in [0.2, 0.25) is 0 Å². The van der Waals surface area contributed by atoms with Crippen molar-refractivity contribution in [2.24, 2.45) is 0 Å². The number of hydrogen-bond acceptors (Lipinski definition) is 4. The van der Waals surface area contributed by atoms with E-state index in [2.05, 4.69) is 5.32 Å². The number of para-hydroxylation sites is 1. The maximum atomic E-state index is 13.2. The summed E-state index contributed by atoms with van der Waals surface area (Å²) in [6.07, 6.45) is 0. The molecule has 0 saturated carbocycles. The normalized spacial score (nSPS) is 10.8. The van der Waals surface area contributed by atoms with E-state index in [0.29, 0.717) is 29.0 Å². The lowest BCUT2D eigenvalue weighted by Gasteiger charge is -2.14. The molecule has 0 aliphatic heterocycles. The summed E-state index contributed by atoms with van der Waals surface area (Å²) in [6.45, 7) is 4.34. The zero-order chi connectivity index (χ0) is 21.8. The van der Waals surface area contributed by atoms with Crippen LogP contribution in [-0.2, 0) is 11.3 Å². The molecule has 4 aromatic rings. The lowest BCUT2D eigenvalue weighted by atomic mass is 10.1. The van der Waals surface area contributed by atoms with Crippen molar-refractivity contribution in [1.82, 2.24) is 9.55 Å². The summed E-state index contributed by atoms with van der Waals surface area (Å²) in [5.74, 6) is 0.888. The van der Waals surface area contributed by atoms with Crippen LogP contribution in [0.5, 0.6) is 5.75 Å². The van der Waals surface area contributed by atoms with E-state index in [4.69, 9.17) is 9.72 Å². The summed E-state index contributed by atoms with van der Waals surface area (Å²) < 4.78 is 6.85. The van der Waals surface area contributed by atoms with E-state index in [1.165, 1.54) is 4.57 Å². The summed E-state index contributed by atoms with van der Waals surface area (Å²) in [5.41, 5.74) is 2.87. The smallest absolute Gasteiger partial charge is 0.262 e. The highest BCUT2D eigenvalue weighted by Crippen LogP contribution is 2.20. The number of aromatic nitrogens is 2. The summed E-state index contributed by atoms with van der Waals surface area (Å²) in [5, 5.41) is 3.32. The number of nitrogens with one attached hydrogen (secondary N) is 1. The van der Waals surface area contributed by atoms with Crippen molar-refractivity contribution in [3.8, 4) is 17.1 Å². The second kappa shape index (κ2) is 8.83. The fraction of sp³-hybridized carbons (Fsp3) is 0.160. The molecule has 1 aromatic heterocycles. The number of fused-ring (bicyclic) bond motifs is 1. The largest absolute Gasteiger partial charge is 0.494 e. The highest BCUT2D eigenvalue weighted by Gasteiger charge is 2.15. The van der Waals surface area contributed by atoms with E-state index >= 15 is 0 Å². The zero-order valence-electron chi connectivity index (χ0n) is 17.5. The second-order valence-electron chi connectivity index (χ2n) is 7.22. The number of benzene rings is 3. The molecule has 6 heteroatoms. The molecule has 0 fully saturated rings. The van der Waals surface area contributed by atoms with Gasteiger partial charge in [0.25, 0.3) is 5.56 Å². The van der Waals surface area contributed by atoms with Gasteiger partial charge in [0, 0.05) is 11.3 Å². The van der Waals surface area contributed by atoms with Crippen LogP contribution in [0, 0.1) is 6.92 Å². The predicted molar refractivity (Wildman–Crippen MR) is 122 cm³/mol. The molecule has 1 heterocycles. The Labute approximate surface area is 180 Å². The first kappa shape index (κ1) is 20.3. The number of aryl methyl sites for hydroxylation is 1. The second-order valence-corrected chi connectivity index (χ2v) is 7.22. The number of carbonyl (C=O) groups is 1. The lowest BCUT2D eigenvalue weighted by molar-refractivity contribution is -0.116. The van der Waals surface area contributed by atoms with Crippen molar-refractivity contribution >= 4 is 22.5 Å². The molecular formula is C25H23N3O3. The molecule has 4 rings (SSSR count). The molecule has 156 valence electrons. The Balaban J connectivity index is 1.69. The average Bonchev–Trinajstić information content (AvgIpc) is 2.78. The van der Waals surface area contributed by atoms with E-state index < -0.39 is 0 Å². The van der Waals surface area contributed by atoms with Crippen LogP contribution in [0.15, 0.2) is 77.6 Å². The first-order chi connectivity index (χ1) is 15.0. The highest BCUT2D eigenvalue weighted by molar-refractivity contribution is 5.91. The number of anilines is 1. The highest BCUT2D eigenvalue weighted by atomic mass is 16.5. The van der Waals surface area contributed by atoms with Crippen LogP contribution in [0.1, 0.15) is 12.5 Å². The molecule has 6 nitrogen and oxygen atoms in total. The zero-order valence-corrected chi connectivity index (χ0v) is 17.5. The summed E-state index contributed by atoms with van der Waals surface area (Å²) >= 11 is 0. The fourth-order valence-corrected chi connectivity index (χ4v) is 3.38. The molecule has 1 N–H and O–H groups in total. The molecule has 0 aliphatic carbocycles. The van der Waals surface area contributed by atoms with Crippen molar-refractivity contribution in [3.05, 3.63) is 88.7 Å². The molecule has 0 atom stereocenters. The van der Waals surface area contributed by atoms with Gasteiger partial charge in [0.05, 0.1) is 17.5 Å². The number of ether oxygens (including phenoxy) is 1. The Kier molecular flexibility index (Phi) is 5.80. The number of carbonyl (C=O) groups excluding carboxylic acids is 1. The van der Waals surface area contributed by atoms with Crippen molar-refractivity contribution in [2.45, 2.75) is 20.4 Å². The average molecular weight is 413 g/mol. The van der Waals surface area contributed by atoms with E-state index in [0.717, 1.165) is 16.9 Å². The van der Waals surface area contributed by atoms with Crippen LogP contribution in [0.4, 0.5) is 5.69 Å². The van der Waals surface area contributed by atoms with E-state index in [9.17, 15) is 9.59 Å². The van der Waals surface area contributed by atoms with Gasteiger partial charge in [-0.2, -0.15) is 0 Å². The number of hydrogen-bond donors (Lipinski definition) is 1. The monoisotopic (exact) mass is 413 g/mol. The minimum absolute atomic E-state index is 0.146. The van der Waals surface area contributed by atoms with Gasteiger partial charge >= 0.3 is 0 Å². The standard InChI is InChI=1S/C25H23N3O3/c1-3-31-20-14-12-19(13-15-20)26-23(29)16-28-24(18-10-8-17(2)9-11-18)27-22-7-5-4-6-21(22)25(28)30/h4-15H,3,16H2,1-2H3,(H,26,29). The van der Waals surface area contributed by atoms with Gasteiger partial charge in [-0.05, 0) is 50.2 Å². The molecule has 0 spiro atoms. The molecule has 3 aromatic carbocycles. The van der Waals surface area contributed by atoms with Crippen LogP contribution >= 0.6 is 0 Å². The Morgan fingerprint density at radius 3 is 2.42 bits per heavy atom. The molecule has 1 amide bonds. The van der Waals surface area contributed by atoms with Gasteiger partial charge in [0.15, 0.2) is 0 Å². The molecule has 0 radical (unpaired) electrons. The number of nitrogens with zero attached hydrogens (tertiary/aromatic N) is 2. The number of rotatable bonds is 6. The molecule has 0 unspecified atom stereocenters. The maximum Gasteiger partial charge on any atom is 0.262 e. The SMILES string of the molecule is CCOc1ccc(NC(=O)Cn2c(-c3ccc(C)cc3)nc3ccccc3c2=O)cc1. The van der Waals surface area contributed by atoms with E-state index in [1.54, 1.807) is 42.5 Å². The molecule has 31 heavy (non-hydrogen) atoms. The molecule has 0 bridgehead atoms. The van der Waals surface area contributed by atoms with Crippen LogP contribution in [0.25, 0.3) is 22.3 Å². The van der Waals surface area contributed by atoms with Gasteiger partial charge < -0.3 is 10.1 Å². The summed E-state index contributed by atoms with van der Waals surface area (Å²) in [6, 6.07) is 22.0. The van der Waals surface area contributed by atoms with E-state index in [-0.39, 0.29) is 18.0 Å². The quantitative estimate of drug-likeness (QED) is 0.508. The lowest BCUT2D eigenvalue weighted by Crippen LogP contribution is -2.29. The van der Waals surface area contributed by atoms with Gasteiger partial charge in [0.1, 0.15) is 18.1 Å². The fourth-order valence-electron chi connectivity index (χ4n) is 3.38. The Morgan fingerprint density at radius 2 is 1.71 bits per heavy atom. The predicted octanol–water partition coefficient (Wildman–Crippen LogP) is 4.41. The third kappa shape index (κ3) is 4.48. The van der Waals surface area contributed by atoms with Crippen molar-refractivity contribution < 1.29 is 9.53 Å². The van der Waals surface area contributed by atoms with Crippen molar-refractivity contribution in [3.63, 3.8) is 0 Å². The van der Waals surface area contributed by atoms with Crippen molar-refractivity contribution in [1.29, 1.82) is 0 Å². The van der Waals surface area contributed by atoms with E-state index in [1.807, 2.05) is 44.2 Å². The van der Waals surface area contributed by atoms with Gasteiger partial charge in [-0.3, -0.25) is 14.2 Å². The Morgan fingerprint density at radius 1 is 1.00 bits per heavy atom. The van der Waals surface area contributed by atoms with Gasteiger partial charge in [-0.25, -0.2) is 4.98 Å². The van der Waals surface area contributed by atoms with Crippen LogP contribution in [-0.4, -0.2) is 22.1 Å². The van der Waals surface area contributed by atoms with Crippen LogP contribution in [0.3, 0.4) is 0 Å². The maximum absolute atomic E-state index is 13.2. The topological polar surface area (TPSA) is 73.2 Å². The third-order valence-electron chi connectivity index (χ3n) is 4.92. The molecular weight excluding hydrogens is 390 g/mol. The summed E-state index contributed by atoms with van der Waals surface area (Å²) in [4.78, 5) is 30.7. The Hall–Kier alpha value is -3.93. The summed E-state index contributed by atoms with van der Waals surface area (Å²) in [7, 11) is 0.